The van der Waals surface area contributed by atoms with Crippen LogP contribution in [0, 0.1) is 23.1 Å². The minimum Gasteiger partial charge on any atom is -0.371 e. The highest BCUT2D eigenvalue weighted by atomic mass is 35.5. The largest absolute Gasteiger partial charge is 0.371 e. The zero-order chi connectivity index (χ0) is 22.3. The molecule has 2 aromatic heterocycles. The van der Waals surface area contributed by atoms with E-state index in [2.05, 4.69) is 27.8 Å². The van der Waals surface area contributed by atoms with Crippen LogP contribution >= 0.6 is 11.6 Å². The summed E-state index contributed by atoms with van der Waals surface area (Å²) in [5.74, 6) is -0.0265. The van der Waals surface area contributed by atoms with Gasteiger partial charge in [0.15, 0.2) is 0 Å². The lowest BCUT2D eigenvalue weighted by Gasteiger charge is -2.43. The van der Waals surface area contributed by atoms with E-state index >= 15 is 0 Å². The second kappa shape index (κ2) is 8.20. The summed E-state index contributed by atoms with van der Waals surface area (Å²) < 4.78 is 14.7. The Morgan fingerprint density at radius 1 is 1.26 bits per heavy atom. The van der Waals surface area contributed by atoms with Gasteiger partial charge in [-0.2, -0.15) is 5.26 Å². The minimum absolute atomic E-state index is 0.0855. The van der Waals surface area contributed by atoms with Gasteiger partial charge in [0.05, 0.1) is 11.2 Å². The van der Waals surface area contributed by atoms with Crippen molar-refractivity contribution in [3.63, 3.8) is 0 Å². The maximum atomic E-state index is 13.3. The molecule has 31 heavy (non-hydrogen) atoms. The Labute approximate surface area is 185 Å². The highest BCUT2D eigenvalue weighted by Gasteiger charge is 2.32. The fourth-order valence-electron chi connectivity index (χ4n) is 4.56. The van der Waals surface area contributed by atoms with Gasteiger partial charge in [-0.05, 0) is 48.7 Å². The molecule has 1 aliphatic rings. The topological polar surface area (TPSA) is 65.2 Å². The predicted molar refractivity (Wildman–Crippen MR) is 121 cm³/mol. The summed E-state index contributed by atoms with van der Waals surface area (Å²) >= 11 is 6.16. The average Bonchev–Trinajstić information content (AvgIpc) is 2.76. The standard InChI is InChI=1S/C23H23ClFN5O/c1-14-13-30(11-10-18(14)28(2)16-6-4-15(25)5-7-16)22-17(12-26)23(31)29(3)19-8-9-20(24)27-21(19)22/h4-9,14,18H,10-11,13H2,1-3H3/t14-,18+/m0/s1. The molecule has 0 bridgehead atoms. The minimum atomic E-state index is -0.340. The SMILES string of the molecule is C[C@H]1CN(c2c(C#N)c(=O)n(C)c3ccc(Cl)nc23)CC[C@H]1N(C)c1ccc(F)cc1. The van der Waals surface area contributed by atoms with E-state index in [0.717, 1.165) is 12.1 Å². The van der Waals surface area contributed by atoms with Crippen molar-refractivity contribution in [3.8, 4) is 6.07 Å². The third kappa shape index (κ3) is 3.72. The first kappa shape index (κ1) is 21.1. The number of aryl methyl sites for hydroxylation is 1. The molecule has 0 radical (unpaired) electrons. The number of hydrogen-bond donors (Lipinski definition) is 0. The number of pyridine rings is 2. The van der Waals surface area contributed by atoms with Crippen LogP contribution in [0.4, 0.5) is 15.8 Å². The third-order valence-electron chi connectivity index (χ3n) is 6.20. The lowest BCUT2D eigenvalue weighted by Crippen LogP contribution is -2.49. The first-order valence-electron chi connectivity index (χ1n) is 10.1. The van der Waals surface area contributed by atoms with E-state index in [0.29, 0.717) is 35.0 Å². The molecule has 6 nitrogen and oxygen atoms in total. The number of fused-ring (bicyclic) bond motifs is 1. The summed E-state index contributed by atoms with van der Waals surface area (Å²) in [6, 6.07) is 12.2. The van der Waals surface area contributed by atoms with Crippen LogP contribution in [0.25, 0.3) is 11.0 Å². The molecule has 3 heterocycles. The Morgan fingerprint density at radius 2 is 1.97 bits per heavy atom. The summed E-state index contributed by atoms with van der Waals surface area (Å²) in [4.78, 5) is 21.6. The second-order valence-corrected chi connectivity index (χ2v) is 8.46. The van der Waals surface area contributed by atoms with Gasteiger partial charge < -0.3 is 14.4 Å². The molecule has 8 heteroatoms. The van der Waals surface area contributed by atoms with Gasteiger partial charge in [-0.15, -0.1) is 0 Å². The summed E-state index contributed by atoms with van der Waals surface area (Å²) in [7, 11) is 3.65. The Morgan fingerprint density at radius 3 is 2.61 bits per heavy atom. The molecule has 0 aliphatic carbocycles. The van der Waals surface area contributed by atoms with Crippen LogP contribution in [0.3, 0.4) is 0 Å². The number of aromatic nitrogens is 2. The van der Waals surface area contributed by atoms with Gasteiger partial charge in [-0.1, -0.05) is 18.5 Å². The Hall–Kier alpha value is -3.11. The molecule has 1 saturated heterocycles. The van der Waals surface area contributed by atoms with Crippen LogP contribution in [-0.2, 0) is 7.05 Å². The molecule has 3 aromatic rings. The molecular weight excluding hydrogens is 417 g/mol. The van der Waals surface area contributed by atoms with Gasteiger partial charge >= 0.3 is 0 Å². The normalized spacial score (nSPS) is 18.8. The van der Waals surface area contributed by atoms with Gasteiger partial charge in [-0.3, -0.25) is 4.79 Å². The van der Waals surface area contributed by atoms with Crippen LogP contribution in [-0.4, -0.2) is 35.7 Å². The molecule has 0 spiro atoms. The summed E-state index contributed by atoms with van der Waals surface area (Å²) in [6.07, 6.45) is 0.817. The van der Waals surface area contributed by atoms with Crippen molar-refractivity contribution in [1.29, 1.82) is 5.26 Å². The van der Waals surface area contributed by atoms with E-state index in [-0.39, 0.29) is 28.9 Å². The number of benzene rings is 1. The lowest BCUT2D eigenvalue weighted by molar-refractivity contribution is 0.371. The van der Waals surface area contributed by atoms with Crippen LogP contribution in [0.5, 0.6) is 0 Å². The third-order valence-corrected chi connectivity index (χ3v) is 6.41. The van der Waals surface area contributed by atoms with Gasteiger partial charge in [0, 0.05) is 38.9 Å². The smallest absolute Gasteiger partial charge is 0.270 e. The van der Waals surface area contributed by atoms with E-state index < -0.39 is 0 Å². The number of hydrogen-bond acceptors (Lipinski definition) is 5. The molecule has 1 fully saturated rings. The molecular formula is C23H23ClFN5O. The zero-order valence-electron chi connectivity index (χ0n) is 17.6. The van der Waals surface area contributed by atoms with Gasteiger partial charge in [-0.25, -0.2) is 9.37 Å². The number of anilines is 2. The summed E-state index contributed by atoms with van der Waals surface area (Å²) in [5.41, 5.74) is 2.45. The van der Waals surface area contributed by atoms with Gasteiger partial charge in [0.25, 0.3) is 5.56 Å². The summed E-state index contributed by atoms with van der Waals surface area (Å²) in [6.45, 7) is 3.46. The molecule has 0 saturated carbocycles. The van der Waals surface area contributed by atoms with E-state index in [4.69, 9.17) is 11.6 Å². The number of piperidine rings is 1. The van der Waals surface area contributed by atoms with Crippen LogP contribution in [0.1, 0.15) is 18.9 Å². The number of rotatable bonds is 3. The van der Waals surface area contributed by atoms with Crippen molar-refractivity contribution in [3.05, 3.63) is 63.3 Å². The second-order valence-electron chi connectivity index (χ2n) is 8.07. The van der Waals surface area contributed by atoms with E-state index in [1.54, 1.807) is 31.3 Å². The van der Waals surface area contributed by atoms with Gasteiger partial charge in [0.1, 0.15) is 28.1 Å². The number of halogens is 2. The molecule has 0 unspecified atom stereocenters. The molecule has 0 N–H and O–H groups in total. The first-order valence-corrected chi connectivity index (χ1v) is 10.5. The van der Waals surface area contributed by atoms with E-state index in [1.165, 1.54) is 16.7 Å². The zero-order valence-corrected chi connectivity index (χ0v) is 18.4. The van der Waals surface area contributed by atoms with Crippen molar-refractivity contribution < 1.29 is 4.39 Å². The molecule has 1 aliphatic heterocycles. The number of nitrogens with zero attached hydrogens (tertiary/aromatic N) is 5. The highest BCUT2D eigenvalue weighted by Crippen LogP contribution is 2.33. The molecule has 4 rings (SSSR count). The maximum absolute atomic E-state index is 13.3. The van der Waals surface area contributed by atoms with Crippen molar-refractivity contribution in [2.75, 3.05) is 29.9 Å². The average molecular weight is 440 g/mol. The fraction of sp³-hybridized carbons (Fsp3) is 0.348. The first-order chi connectivity index (χ1) is 14.8. The van der Waals surface area contributed by atoms with Gasteiger partial charge in [0.2, 0.25) is 0 Å². The maximum Gasteiger partial charge on any atom is 0.270 e. The highest BCUT2D eigenvalue weighted by molar-refractivity contribution is 6.29. The molecule has 0 amide bonds. The van der Waals surface area contributed by atoms with Crippen molar-refractivity contribution in [2.24, 2.45) is 13.0 Å². The molecule has 1 aromatic carbocycles. The van der Waals surface area contributed by atoms with E-state index in [9.17, 15) is 14.4 Å². The Bertz CT molecular complexity index is 1230. The number of nitriles is 1. The van der Waals surface area contributed by atoms with Crippen molar-refractivity contribution in [2.45, 2.75) is 19.4 Å². The molecule has 160 valence electrons. The van der Waals surface area contributed by atoms with Crippen LogP contribution < -0.4 is 15.4 Å². The van der Waals surface area contributed by atoms with Crippen LogP contribution in [0.15, 0.2) is 41.2 Å². The van der Waals surface area contributed by atoms with E-state index in [1.807, 2.05) is 7.05 Å². The fourth-order valence-corrected chi connectivity index (χ4v) is 4.71. The molecule has 2 atom stereocenters. The van der Waals surface area contributed by atoms with Crippen molar-refractivity contribution in [1.82, 2.24) is 9.55 Å². The lowest BCUT2D eigenvalue weighted by atomic mass is 9.91. The quantitative estimate of drug-likeness (QED) is 0.578. The Kier molecular flexibility index (Phi) is 5.59. The Balaban J connectivity index is 1.70. The summed E-state index contributed by atoms with van der Waals surface area (Å²) in [5, 5.41) is 10.1. The predicted octanol–water partition coefficient (Wildman–Crippen LogP) is 3.95. The van der Waals surface area contributed by atoms with Crippen molar-refractivity contribution >= 4 is 34.0 Å². The van der Waals surface area contributed by atoms with Crippen LogP contribution in [0.2, 0.25) is 5.15 Å². The monoisotopic (exact) mass is 439 g/mol.